The third-order valence-electron chi connectivity index (χ3n) is 3.85. The van der Waals surface area contributed by atoms with Crippen LogP contribution in [-0.4, -0.2) is 51.2 Å². The van der Waals surface area contributed by atoms with Crippen molar-refractivity contribution in [3.63, 3.8) is 0 Å². The molecule has 0 saturated carbocycles. The predicted molar refractivity (Wildman–Crippen MR) is 72.6 cm³/mol. The highest BCUT2D eigenvalue weighted by Crippen LogP contribution is 2.15. The molecule has 106 valence electrons. The molecule has 2 heterocycles. The summed E-state index contributed by atoms with van der Waals surface area (Å²) in [5.74, 6) is -0.00448. The maximum absolute atomic E-state index is 11.9. The maximum atomic E-state index is 11.9. The first-order chi connectivity index (χ1) is 9.18. The van der Waals surface area contributed by atoms with Crippen molar-refractivity contribution in [1.82, 2.24) is 25.0 Å². The lowest BCUT2D eigenvalue weighted by molar-refractivity contribution is -0.124. The standard InChI is InChI=1S/C13H23N5O/c1-11-5-3-4-7-17(11)8-6-15-13(19)12(2)18-10-14-9-16-18/h9-12H,3-8H2,1-2H3,(H,15,19). The first kappa shape index (κ1) is 14.0. The van der Waals surface area contributed by atoms with Gasteiger partial charge < -0.3 is 5.32 Å². The van der Waals surface area contributed by atoms with Crippen molar-refractivity contribution in [3.05, 3.63) is 12.7 Å². The molecule has 1 fully saturated rings. The summed E-state index contributed by atoms with van der Waals surface area (Å²) in [4.78, 5) is 18.2. The van der Waals surface area contributed by atoms with Crippen molar-refractivity contribution in [3.8, 4) is 0 Å². The Morgan fingerprint density at radius 1 is 1.53 bits per heavy atom. The smallest absolute Gasteiger partial charge is 0.244 e. The molecule has 0 spiro atoms. The lowest BCUT2D eigenvalue weighted by atomic mass is 10.0. The summed E-state index contributed by atoms with van der Waals surface area (Å²) in [6.07, 6.45) is 6.88. The Bertz CT molecular complexity index is 392. The van der Waals surface area contributed by atoms with E-state index in [2.05, 4.69) is 27.2 Å². The fraction of sp³-hybridized carbons (Fsp3) is 0.769. The number of carbonyl (C=O) groups excluding carboxylic acids is 1. The van der Waals surface area contributed by atoms with Crippen LogP contribution in [-0.2, 0) is 4.79 Å². The van der Waals surface area contributed by atoms with Crippen LogP contribution in [0.3, 0.4) is 0 Å². The number of piperidine rings is 1. The summed E-state index contributed by atoms with van der Waals surface area (Å²) in [5, 5.41) is 6.95. The second kappa shape index (κ2) is 6.65. The molecule has 1 aliphatic heterocycles. The Morgan fingerprint density at radius 3 is 3.05 bits per heavy atom. The van der Waals surface area contributed by atoms with Crippen LogP contribution in [0, 0.1) is 0 Å². The summed E-state index contributed by atoms with van der Waals surface area (Å²) < 4.78 is 1.57. The molecule has 1 N–H and O–H groups in total. The SMILES string of the molecule is CC1CCCCN1CCNC(=O)C(C)n1cncn1. The molecule has 1 aromatic rings. The van der Waals surface area contributed by atoms with Gasteiger partial charge in [-0.2, -0.15) is 5.10 Å². The number of carbonyl (C=O) groups is 1. The Labute approximate surface area is 114 Å². The second-order valence-electron chi connectivity index (χ2n) is 5.22. The van der Waals surface area contributed by atoms with Crippen LogP contribution >= 0.6 is 0 Å². The molecule has 0 aromatic carbocycles. The van der Waals surface area contributed by atoms with Gasteiger partial charge in [-0.3, -0.25) is 9.69 Å². The van der Waals surface area contributed by atoms with E-state index < -0.39 is 0 Å². The average Bonchev–Trinajstić information content (AvgIpc) is 2.94. The van der Waals surface area contributed by atoms with Crippen LogP contribution in [0.5, 0.6) is 0 Å². The van der Waals surface area contributed by atoms with Gasteiger partial charge in [0, 0.05) is 19.1 Å². The van der Waals surface area contributed by atoms with Crippen LogP contribution in [0.25, 0.3) is 0 Å². The van der Waals surface area contributed by atoms with Crippen molar-refractivity contribution >= 4 is 5.91 Å². The number of nitrogens with one attached hydrogen (secondary N) is 1. The molecule has 1 saturated heterocycles. The van der Waals surface area contributed by atoms with Crippen LogP contribution in [0.4, 0.5) is 0 Å². The van der Waals surface area contributed by atoms with Crippen LogP contribution in [0.15, 0.2) is 12.7 Å². The highest BCUT2D eigenvalue weighted by molar-refractivity contribution is 5.79. The number of likely N-dealkylation sites (tertiary alicyclic amines) is 1. The van der Waals surface area contributed by atoms with Gasteiger partial charge in [-0.05, 0) is 33.2 Å². The Kier molecular flexibility index (Phi) is 4.90. The van der Waals surface area contributed by atoms with Crippen molar-refractivity contribution in [2.24, 2.45) is 0 Å². The molecular formula is C13H23N5O. The third-order valence-corrected chi connectivity index (χ3v) is 3.85. The van der Waals surface area contributed by atoms with Crippen LogP contribution in [0.2, 0.25) is 0 Å². The zero-order valence-electron chi connectivity index (χ0n) is 11.7. The average molecular weight is 265 g/mol. The normalized spacial score (nSPS) is 22.1. The summed E-state index contributed by atoms with van der Waals surface area (Å²) in [5.41, 5.74) is 0. The number of hydrogen-bond acceptors (Lipinski definition) is 4. The van der Waals surface area contributed by atoms with E-state index >= 15 is 0 Å². The van der Waals surface area contributed by atoms with Gasteiger partial charge in [-0.25, -0.2) is 9.67 Å². The van der Waals surface area contributed by atoms with Gasteiger partial charge in [0.1, 0.15) is 18.7 Å². The molecule has 0 radical (unpaired) electrons. The highest BCUT2D eigenvalue weighted by Gasteiger charge is 2.19. The number of nitrogens with zero attached hydrogens (tertiary/aromatic N) is 4. The van der Waals surface area contributed by atoms with Crippen molar-refractivity contribution < 1.29 is 4.79 Å². The van der Waals surface area contributed by atoms with Gasteiger partial charge in [0.15, 0.2) is 0 Å². The lowest BCUT2D eigenvalue weighted by Gasteiger charge is -2.33. The van der Waals surface area contributed by atoms with Crippen molar-refractivity contribution in [1.29, 1.82) is 0 Å². The second-order valence-corrected chi connectivity index (χ2v) is 5.22. The predicted octanol–water partition coefficient (Wildman–Crippen LogP) is 0.830. The summed E-state index contributed by atoms with van der Waals surface area (Å²) in [6.45, 7) is 6.86. The number of aromatic nitrogens is 3. The van der Waals surface area contributed by atoms with Gasteiger partial charge in [-0.1, -0.05) is 6.42 Å². The number of hydrogen-bond donors (Lipinski definition) is 1. The van der Waals surface area contributed by atoms with E-state index in [1.807, 2.05) is 6.92 Å². The largest absolute Gasteiger partial charge is 0.353 e. The maximum Gasteiger partial charge on any atom is 0.244 e. The van der Waals surface area contributed by atoms with Gasteiger partial charge >= 0.3 is 0 Å². The molecule has 0 bridgehead atoms. The van der Waals surface area contributed by atoms with Gasteiger partial charge in [0.05, 0.1) is 0 Å². The number of amides is 1. The van der Waals surface area contributed by atoms with E-state index in [0.717, 1.165) is 13.1 Å². The Balaban J connectivity index is 1.71. The summed E-state index contributed by atoms with van der Waals surface area (Å²) in [6, 6.07) is 0.333. The van der Waals surface area contributed by atoms with Crippen molar-refractivity contribution in [2.45, 2.75) is 45.2 Å². The zero-order chi connectivity index (χ0) is 13.7. The monoisotopic (exact) mass is 265 g/mol. The van der Waals surface area contributed by atoms with Gasteiger partial charge in [0.25, 0.3) is 0 Å². The molecule has 1 aromatic heterocycles. The topological polar surface area (TPSA) is 63.1 Å². The summed E-state index contributed by atoms with van der Waals surface area (Å²) >= 11 is 0. The molecule has 2 unspecified atom stereocenters. The molecule has 2 atom stereocenters. The summed E-state index contributed by atoms with van der Waals surface area (Å²) in [7, 11) is 0. The van der Waals surface area contributed by atoms with E-state index in [9.17, 15) is 4.79 Å². The van der Waals surface area contributed by atoms with Crippen LogP contribution < -0.4 is 5.32 Å². The van der Waals surface area contributed by atoms with E-state index in [0.29, 0.717) is 12.6 Å². The fourth-order valence-electron chi connectivity index (χ4n) is 2.50. The Morgan fingerprint density at radius 2 is 2.37 bits per heavy atom. The lowest BCUT2D eigenvalue weighted by Crippen LogP contribution is -2.43. The van der Waals surface area contributed by atoms with Gasteiger partial charge in [0.2, 0.25) is 5.91 Å². The fourth-order valence-corrected chi connectivity index (χ4v) is 2.50. The van der Waals surface area contributed by atoms with E-state index in [4.69, 9.17) is 0 Å². The molecule has 2 rings (SSSR count). The minimum atomic E-state index is -0.304. The van der Waals surface area contributed by atoms with E-state index in [1.165, 1.54) is 25.6 Å². The molecule has 1 aliphatic rings. The zero-order valence-corrected chi connectivity index (χ0v) is 11.7. The molecule has 0 aliphatic carbocycles. The third kappa shape index (κ3) is 3.76. The molecule has 19 heavy (non-hydrogen) atoms. The molecule has 6 heteroatoms. The van der Waals surface area contributed by atoms with Crippen LogP contribution in [0.1, 0.15) is 39.2 Å². The number of rotatable bonds is 5. The van der Waals surface area contributed by atoms with E-state index in [1.54, 1.807) is 11.0 Å². The minimum Gasteiger partial charge on any atom is -0.353 e. The molecular weight excluding hydrogens is 242 g/mol. The van der Waals surface area contributed by atoms with Crippen molar-refractivity contribution in [2.75, 3.05) is 19.6 Å². The first-order valence-electron chi connectivity index (χ1n) is 7.04. The minimum absolute atomic E-state index is 0.00448. The Hall–Kier alpha value is -1.43. The first-order valence-corrected chi connectivity index (χ1v) is 7.04. The quantitative estimate of drug-likeness (QED) is 0.856. The van der Waals surface area contributed by atoms with Gasteiger partial charge in [-0.15, -0.1) is 0 Å². The molecule has 1 amide bonds. The molecule has 6 nitrogen and oxygen atoms in total. The highest BCUT2D eigenvalue weighted by atomic mass is 16.2. The van der Waals surface area contributed by atoms with E-state index in [-0.39, 0.29) is 11.9 Å².